The van der Waals surface area contributed by atoms with E-state index in [2.05, 4.69) is 4.98 Å². The summed E-state index contributed by atoms with van der Waals surface area (Å²) in [6.07, 6.45) is 2.88. The predicted octanol–water partition coefficient (Wildman–Crippen LogP) is 0.854. The van der Waals surface area contributed by atoms with Crippen LogP contribution in [0.5, 0.6) is 0 Å². The molecule has 1 saturated heterocycles. The molecule has 0 spiro atoms. The molecule has 15 heavy (non-hydrogen) atoms. The first-order chi connectivity index (χ1) is 7.22. The Bertz CT molecular complexity index is 367. The van der Waals surface area contributed by atoms with E-state index in [1.807, 2.05) is 11.8 Å². The Morgan fingerprint density at radius 3 is 3.07 bits per heavy atom. The Hall–Kier alpha value is -1.42. The summed E-state index contributed by atoms with van der Waals surface area (Å²) in [4.78, 5) is 17.0. The average molecular weight is 206 g/mol. The average Bonchev–Trinajstić information content (AvgIpc) is 2.57. The summed E-state index contributed by atoms with van der Waals surface area (Å²) in [6, 6.07) is 3.71. The lowest BCUT2D eigenvalue weighted by Gasteiger charge is -2.23. The monoisotopic (exact) mass is 206 g/mol. The maximum atomic E-state index is 10.8. The van der Waals surface area contributed by atoms with Crippen LogP contribution in [0.4, 0.5) is 5.82 Å². The Morgan fingerprint density at radius 1 is 1.67 bits per heavy atom. The molecule has 2 rings (SSSR count). The molecule has 1 aliphatic rings. The van der Waals surface area contributed by atoms with Crippen LogP contribution < -0.4 is 4.90 Å². The fourth-order valence-corrected chi connectivity index (χ4v) is 2.04. The van der Waals surface area contributed by atoms with Crippen molar-refractivity contribution in [3.8, 4) is 0 Å². The first-order valence-electron chi connectivity index (χ1n) is 5.07. The van der Waals surface area contributed by atoms with Crippen molar-refractivity contribution in [1.82, 2.24) is 4.98 Å². The number of rotatable bonds is 2. The Morgan fingerprint density at radius 2 is 2.47 bits per heavy atom. The Labute approximate surface area is 88.6 Å². The summed E-state index contributed by atoms with van der Waals surface area (Å²) in [5, 5.41) is 9.54. The molecule has 1 fully saturated rings. The highest BCUT2D eigenvalue weighted by Gasteiger charge is 2.29. The van der Waals surface area contributed by atoms with E-state index in [4.69, 9.17) is 0 Å². The number of carbonyl (C=O) groups excluding carboxylic acids is 1. The summed E-state index contributed by atoms with van der Waals surface area (Å²) in [5.41, 5.74) is 0.582. The van der Waals surface area contributed by atoms with Gasteiger partial charge in [0, 0.05) is 18.8 Å². The molecule has 0 amide bonds. The lowest BCUT2D eigenvalue weighted by Crippen LogP contribution is -2.29. The smallest absolute Gasteiger partial charge is 0.153 e. The van der Waals surface area contributed by atoms with Crippen LogP contribution in [0.2, 0.25) is 0 Å². The molecule has 1 N–H and O–H groups in total. The molecule has 2 unspecified atom stereocenters. The van der Waals surface area contributed by atoms with Crippen molar-refractivity contribution in [3.05, 3.63) is 23.9 Å². The van der Waals surface area contributed by atoms with Crippen molar-refractivity contribution < 1.29 is 9.90 Å². The number of aromatic nitrogens is 1. The van der Waals surface area contributed by atoms with Gasteiger partial charge in [0.2, 0.25) is 0 Å². The van der Waals surface area contributed by atoms with Crippen molar-refractivity contribution in [1.29, 1.82) is 0 Å². The van der Waals surface area contributed by atoms with Crippen LogP contribution >= 0.6 is 0 Å². The van der Waals surface area contributed by atoms with Gasteiger partial charge < -0.3 is 10.0 Å². The van der Waals surface area contributed by atoms with Crippen LogP contribution in [0.1, 0.15) is 23.7 Å². The number of aliphatic hydroxyl groups excluding tert-OH is 1. The minimum Gasteiger partial charge on any atom is -0.391 e. The van der Waals surface area contributed by atoms with Crippen LogP contribution in [0.25, 0.3) is 0 Å². The number of β-amino-alcohol motifs (C(OH)–C–C–N with tert-alkyl or cyclic N) is 1. The van der Waals surface area contributed by atoms with Gasteiger partial charge >= 0.3 is 0 Å². The van der Waals surface area contributed by atoms with E-state index >= 15 is 0 Å². The van der Waals surface area contributed by atoms with E-state index in [-0.39, 0.29) is 12.1 Å². The Balaban J connectivity index is 2.32. The van der Waals surface area contributed by atoms with Gasteiger partial charge in [-0.3, -0.25) is 4.79 Å². The Kier molecular flexibility index (Phi) is 2.68. The molecular formula is C11H14N2O2. The van der Waals surface area contributed by atoms with Gasteiger partial charge in [0.25, 0.3) is 0 Å². The third-order valence-corrected chi connectivity index (χ3v) is 2.77. The van der Waals surface area contributed by atoms with E-state index in [0.29, 0.717) is 17.9 Å². The topological polar surface area (TPSA) is 53.4 Å². The molecule has 0 saturated carbocycles. The van der Waals surface area contributed by atoms with Crippen LogP contribution in [-0.4, -0.2) is 35.1 Å². The standard InChI is InChI=1S/C11H14N2O2/c1-8-5-10(15)6-13(8)11-9(7-14)3-2-4-12-11/h2-4,7-8,10,15H,5-6H2,1H3. The number of hydrogen-bond donors (Lipinski definition) is 1. The highest BCUT2D eigenvalue weighted by Crippen LogP contribution is 2.25. The fraction of sp³-hybridized carbons (Fsp3) is 0.455. The third-order valence-electron chi connectivity index (χ3n) is 2.77. The summed E-state index contributed by atoms with van der Waals surface area (Å²) in [6.45, 7) is 2.58. The van der Waals surface area contributed by atoms with Gasteiger partial charge in [0.15, 0.2) is 6.29 Å². The summed E-state index contributed by atoms with van der Waals surface area (Å²) in [5.74, 6) is 0.677. The van der Waals surface area contributed by atoms with Gasteiger partial charge in [-0.25, -0.2) is 4.98 Å². The molecule has 0 aromatic carbocycles. The second kappa shape index (κ2) is 3.98. The molecule has 0 bridgehead atoms. The number of anilines is 1. The number of pyridine rings is 1. The second-order valence-electron chi connectivity index (χ2n) is 3.92. The van der Waals surface area contributed by atoms with Crippen molar-refractivity contribution in [2.24, 2.45) is 0 Å². The van der Waals surface area contributed by atoms with E-state index in [9.17, 15) is 9.90 Å². The SMILES string of the molecule is CC1CC(O)CN1c1ncccc1C=O. The van der Waals surface area contributed by atoms with Gasteiger partial charge in [-0.05, 0) is 25.5 Å². The third kappa shape index (κ3) is 1.85. The molecule has 1 aromatic rings. The number of aliphatic hydroxyl groups is 1. The maximum Gasteiger partial charge on any atom is 0.153 e. The second-order valence-corrected chi connectivity index (χ2v) is 3.92. The van der Waals surface area contributed by atoms with Gasteiger partial charge in [-0.1, -0.05) is 0 Å². The number of nitrogens with zero attached hydrogens (tertiary/aromatic N) is 2. The molecular weight excluding hydrogens is 192 g/mol. The van der Waals surface area contributed by atoms with E-state index in [1.54, 1.807) is 18.3 Å². The van der Waals surface area contributed by atoms with Gasteiger partial charge in [0.1, 0.15) is 5.82 Å². The zero-order valence-corrected chi connectivity index (χ0v) is 8.63. The van der Waals surface area contributed by atoms with Crippen molar-refractivity contribution in [2.75, 3.05) is 11.4 Å². The van der Waals surface area contributed by atoms with E-state index in [1.165, 1.54) is 0 Å². The molecule has 0 aliphatic carbocycles. The van der Waals surface area contributed by atoms with Crippen LogP contribution in [0.3, 0.4) is 0 Å². The van der Waals surface area contributed by atoms with Crippen molar-refractivity contribution in [2.45, 2.75) is 25.5 Å². The van der Waals surface area contributed by atoms with Crippen LogP contribution in [0.15, 0.2) is 18.3 Å². The van der Waals surface area contributed by atoms with Gasteiger partial charge in [-0.2, -0.15) is 0 Å². The number of aldehydes is 1. The zero-order valence-electron chi connectivity index (χ0n) is 8.63. The molecule has 2 atom stereocenters. The molecule has 1 aromatic heterocycles. The van der Waals surface area contributed by atoms with Gasteiger partial charge in [-0.15, -0.1) is 0 Å². The van der Waals surface area contributed by atoms with Crippen LogP contribution in [-0.2, 0) is 0 Å². The molecule has 0 radical (unpaired) electrons. The lowest BCUT2D eigenvalue weighted by atomic mass is 10.2. The van der Waals surface area contributed by atoms with Gasteiger partial charge in [0.05, 0.1) is 11.7 Å². The summed E-state index contributed by atoms with van der Waals surface area (Å²) < 4.78 is 0. The van der Waals surface area contributed by atoms with Crippen molar-refractivity contribution >= 4 is 12.1 Å². The number of hydrogen-bond acceptors (Lipinski definition) is 4. The lowest BCUT2D eigenvalue weighted by molar-refractivity contribution is 0.112. The highest BCUT2D eigenvalue weighted by atomic mass is 16.3. The van der Waals surface area contributed by atoms with E-state index < -0.39 is 0 Å². The quantitative estimate of drug-likeness (QED) is 0.729. The summed E-state index contributed by atoms with van der Waals surface area (Å²) in [7, 11) is 0. The predicted molar refractivity (Wildman–Crippen MR) is 57.1 cm³/mol. The largest absolute Gasteiger partial charge is 0.391 e. The highest BCUT2D eigenvalue weighted by molar-refractivity contribution is 5.82. The molecule has 4 heteroatoms. The molecule has 80 valence electrons. The summed E-state index contributed by atoms with van der Waals surface area (Å²) >= 11 is 0. The van der Waals surface area contributed by atoms with E-state index in [0.717, 1.165) is 12.7 Å². The normalized spacial score (nSPS) is 25.6. The minimum atomic E-state index is -0.318. The van der Waals surface area contributed by atoms with Crippen molar-refractivity contribution in [3.63, 3.8) is 0 Å². The fourth-order valence-electron chi connectivity index (χ4n) is 2.04. The minimum absolute atomic E-state index is 0.230. The molecule has 2 heterocycles. The van der Waals surface area contributed by atoms with Crippen LogP contribution in [0, 0.1) is 0 Å². The first-order valence-corrected chi connectivity index (χ1v) is 5.07. The first kappa shape index (κ1) is 10.1. The molecule has 1 aliphatic heterocycles. The molecule has 4 nitrogen and oxygen atoms in total. The zero-order chi connectivity index (χ0) is 10.8. The maximum absolute atomic E-state index is 10.8. The number of carbonyl (C=O) groups is 1.